The van der Waals surface area contributed by atoms with Gasteiger partial charge in [-0.15, -0.1) is 0 Å². The average Bonchev–Trinajstić information content (AvgIpc) is 2.30. The fraction of sp³-hybridized carbons (Fsp3) is 0.625. The minimum atomic E-state index is 1.23. The fourth-order valence-corrected chi connectivity index (χ4v) is 2.09. The molecule has 0 aromatic rings. The summed E-state index contributed by atoms with van der Waals surface area (Å²) in [6.45, 7) is 4.23. The molecule has 0 nitrogen and oxygen atoms in total. The third-order valence-electron chi connectivity index (χ3n) is 2.54. The zero-order valence-corrected chi connectivity index (χ0v) is 13.6. The van der Waals surface area contributed by atoms with Crippen LogP contribution in [0.15, 0.2) is 36.0 Å². The van der Waals surface area contributed by atoms with E-state index in [-0.39, 0.29) is 0 Å². The molecule has 0 fully saturated rings. The Morgan fingerprint density at radius 2 is 1.47 bits per heavy atom. The highest BCUT2D eigenvalue weighted by Crippen LogP contribution is 2.08. The van der Waals surface area contributed by atoms with Gasteiger partial charge in [0, 0.05) is 0 Å². The lowest BCUT2D eigenvalue weighted by Gasteiger charge is -1.98. The second-order valence-corrected chi connectivity index (χ2v) is 5.73. The minimum Gasteiger partial charge on any atom is -0.0864 e. The normalized spacial score (nSPS) is 11.5. The summed E-state index contributed by atoms with van der Waals surface area (Å²) in [6, 6.07) is 0. The summed E-state index contributed by atoms with van der Waals surface area (Å²) in [5, 5.41) is 0. The Hall–Kier alpha value is -0.0500. The monoisotopic (exact) mass is 346 g/mol. The van der Waals surface area contributed by atoms with Crippen molar-refractivity contribution in [2.45, 2.75) is 58.8 Å². The molecule has 0 aromatic carbocycles. The summed E-state index contributed by atoms with van der Waals surface area (Å²) in [7, 11) is 0. The summed E-state index contributed by atoms with van der Waals surface area (Å²) in [5.74, 6) is 0. The molecule has 0 aliphatic heterocycles. The average molecular weight is 346 g/mol. The van der Waals surface area contributed by atoms with E-state index in [0.717, 1.165) is 0 Å². The van der Waals surface area contributed by atoms with Crippen LogP contribution in [0, 0.1) is 0 Å². The first-order valence-corrected chi connectivity index (χ1v) is 8.32. The van der Waals surface area contributed by atoms with E-state index in [2.05, 4.69) is 66.8 Å². The molecule has 0 aromatic heterocycles. The molecule has 0 unspecified atom stereocenters. The quantitative estimate of drug-likeness (QED) is 0.190. The molecule has 0 saturated heterocycles. The summed E-state index contributed by atoms with van der Waals surface area (Å²) in [5.41, 5.74) is 1.35. The van der Waals surface area contributed by atoms with Gasteiger partial charge in [-0.05, 0) is 37.5 Å². The molecule has 0 aliphatic carbocycles. The van der Waals surface area contributed by atoms with Crippen LogP contribution in [0.2, 0.25) is 0 Å². The number of halogens is 1. The van der Waals surface area contributed by atoms with Crippen molar-refractivity contribution in [3.8, 4) is 0 Å². The first kappa shape index (κ1) is 16.9. The molecular formula is C16H27I. The Bertz CT molecular complexity index is 232. The van der Waals surface area contributed by atoms with E-state index in [0.29, 0.717) is 0 Å². The van der Waals surface area contributed by atoms with E-state index in [1.54, 1.807) is 0 Å². The van der Waals surface area contributed by atoms with Crippen LogP contribution >= 0.6 is 22.6 Å². The predicted octanol–water partition coefficient (Wildman–Crippen LogP) is 6.23. The lowest BCUT2D eigenvalue weighted by Crippen LogP contribution is -1.79. The van der Waals surface area contributed by atoms with Crippen molar-refractivity contribution in [2.75, 3.05) is 4.43 Å². The molecule has 0 atom stereocenters. The molecule has 0 N–H and O–H groups in total. The summed E-state index contributed by atoms with van der Waals surface area (Å²) in [4.78, 5) is 0. The molecule has 1 heteroatoms. The molecule has 0 radical (unpaired) electrons. The van der Waals surface area contributed by atoms with E-state index in [1.165, 1.54) is 54.9 Å². The second kappa shape index (κ2) is 14.0. The fourth-order valence-electron chi connectivity index (χ4n) is 1.55. The third-order valence-corrected chi connectivity index (χ3v) is 3.31. The van der Waals surface area contributed by atoms with Crippen LogP contribution in [0.25, 0.3) is 0 Å². The maximum absolute atomic E-state index is 2.46. The van der Waals surface area contributed by atoms with Gasteiger partial charge in [-0.25, -0.2) is 0 Å². The maximum atomic E-state index is 2.46. The largest absolute Gasteiger partial charge is 0.0864 e. The van der Waals surface area contributed by atoms with Gasteiger partial charge in [0.05, 0.1) is 0 Å². The van der Waals surface area contributed by atoms with E-state index >= 15 is 0 Å². The van der Waals surface area contributed by atoms with E-state index in [4.69, 9.17) is 0 Å². The number of hydrogen-bond donors (Lipinski definition) is 0. The summed E-state index contributed by atoms with van der Waals surface area (Å²) < 4.78 is 1.32. The van der Waals surface area contributed by atoms with Crippen molar-refractivity contribution in [1.82, 2.24) is 0 Å². The van der Waals surface area contributed by atoms with Gasteiger partial charge in [0.1, 0.15) is 0 Å². The zero-order valence-electron chi connectivity index (χ0n) is 11.4. The Balaban J connectivity index is 3.25. The SMILES string of the molecule is CC(C)=CC=CC=CCCCCCCCCI. The third kappa shape index (κ3) is 15.9. The van der Waals surface area contributed by atoms with E-state index < -0.39 is 0 Å². The van der Waals surface area contributed by atoms with E-state index in [9.17, 15) is 0 Å². The Morgan fingerprint density at radius 1 is 0.824 bits per heavy atom. The summed E-state index contributed by atoms with van der Waals surface area (Å²) in [6.07, 6.45) is 20.4. The van der Waals surface area contributed by atoms with Gasteiger partial charge in [-0.1, -0.05) is 84.2 Å². The number of alkyl halides is 1. The Kier molecular flexibility index (Phi) is 14.0. The van der Waals surface area contributed by atoms with E-state index in [1.807, 2.05) is 0 Å². The minimum absolute atomic E-state index is 1.23. The molecule has 0 spiro atoms. The van der Waals surface area contributed by atoms with Crippen LogP contribution in [-0.4, -0.2) is 4.43 Å². The molecule has 0 rings (SSSR count). The molecule has 0 heterocycles. The smallest absolute Gasteiger partial charge is 0.000473 e. The van der Waals surface area contributed by atoms with Crippen LogP contribution in [0.1, 0.15) is 58.8 Å². The van der Waals surface area contributed by atoms with Crippen molar-refractivity contribution in [1.29, 1.82) is 0 Å². The molecule has 17 heavy (non-hydrogen) atoms. The molecule has 0 saturated carbocycles. The second-order valence-electron chi connectivity index (χ2n) is 4.66. The topological polar surface area (TPSA) is 0 Å². The lowest BCUT2D eigenvalue weighted by atomic mass is 10.1. The zero-order chi connectivity index (χ0) is 12.8. The molecular weight excluding hydrogens is 319 g/mol. The standard InChI is InChI=1S/C16H27I/c1-16(2)14-12-10-8-6-4-3-5-7-9-11-13-15-17/h6,8,10,12,14H,3-5,7,9,11,13,15H2,1-2H3. The van der Waals surface area contributed by atoms with Crippen molar-refractivity contribution in [3.05, 3.63) is 36.0 Å². The maximum Gasteiger partial charge on any atom is -0.000473 e. The van der Waals surface area contributed by atoms with Crippen LogP contribution in [0.5, 0.6) is 0 Å². The van der Waals surface area contributed by atoms with Crippen molar-refractivity contribution >= 4 is 22.6 Å². The highest BCUT2D eigenvalue weighted by molar-refractivity contribution is 14.1. The lowest BCUT2D eigenvalue weighted by molar-refractivity contribution is 0.614. The van der Waals surface area contributed by atoms with Crippen LogP contribution in [-0.2, 0) is 0 Å². The van der Waals surface area contributed by atoms with Crippen LogP contribution in [0.3, 0.4) is 0 Å². The van der Waals surface area contributed by atoms with Gasteiger partial charge in [-0.2, -0.15) is 0 Å². The Labute approximate surface area is 121 Å². The highest BCUT2D eigenvalue weighted by Gasteiger charge is 1.89. The summed E-state index contributed by atoms with van der Waals surface area (Å²) >= 11 is 2.46. The van der Waals surface area contributed by atoms with Gasteiger partial charge >= 0.3 is 0 Å². The number of unbranched alkanes of at least 4 members (excludes halogenated alkanes) is 6. The van der Waals surface area contributed by atoms with Gasteiger partial charge in [0.2, 0.25) is 0 Å². The molecule has 0 bridgehead atoms. The number of hydrogen-bond acceptors (Lipinski definition) is 0. The van der Waals surface area contributed by atoms with Gasteiger partial charge in [0.25, 0.3) is 0 Å². The molecule has 0 aliphatic rings. The van der Waals surface area contributed by atoms with Gasteiger partial charge in [0.15, 0.2) is 0 Å². The number of allylic oxidation sites excluding steroid dienone is 6. The first-order valence-electron chi connectivity index (χ1n) is 6.80. The number of rotatable bonds is 10. The molecule has 0 amide bonds. The van der Waals surface area contributed by atoms with Gasteiger partial charge in [-0.3, -0.25) is 0 Å². The molecule has 98 valence electrons. The van der Waals surface area contributed by atoms with Gasteiger partial charge < -0.3 is 0 Å². The van der Waals surface area contributed by atoms with Crippen LogP contribution in [0.4, 0.5) is 0 Å². The van der Waals surface area contributed by atoms with Crippen molar-refractivity contribution in [3.63, 3.8) is 0 Å². The Morgan fingerprint density at radius 3 is 2.12 bits per heavy atom. The van der Waals surface area contributed by atoms with Crippen LogP contribution < -0.4 is 0 Å². The first-order chi connectivity index (χ1) is 8.27. The van der Waals surface area contributed by atoms with Crippen molar-refractivity contribution in [2.24, 2.45) is 0 Å². The van der Waals surface area contributed by atoms with Crippen molar-refractivity contribution < 1.29 is 0 Å². The highest BCUT2D eigenvalue weighted by atomic mass is 127. The predicted molar refractivity (Wildman–Crippen MR) is 88.9 cm³/mol.